The van der Waals surface area contributed by atoms with Crippen LogP contribution >= 0.6 is 11.6 Å². The molecule has 5 heteroatoms. The average molecular weight is 293 g/mol. The molecule has 1 aromatic carbocycles. The predicted octanol–water partition coefficient (Wildman–Crippen LogP) is 3.27. The van der Waals surface area contributed by atoms with Gasteiger partial charge in [0, 0.05) is 18.0 Å². The number of nitrogens with one attached hydrogen (secondary N) is 1. The molecule has 1 saturated carbocycles. The Morgan fingerprint density at radius 2 is 2.05 bits per heavy atom. The highest BCUT2D eigenvalue weighted by Crippen LogP contribution is 2.45. The second kappa shape index (κ2) is 4.77. The number of rotatable bonds is 1. The Morgan fingerprint density at radius 3 is 2.65 bits per heavy atom. The van der Waals surface area contributed by atoms with Crippen LogP contribution in [0.5, 0.6) is 0 Å². The molecule has 0 bridgehead atoms. The van der Waals surface area contributed by atoms with Gasteiger partial charge in [-0.1, -0.05) is 24.1 Å². The van der Waals surface area contributed by atoms with Gasteiger partial charge in [-0.3, -0.25) is 4.79 Å². The van der Waals surface area contributed by atoms with Gasteiger partial charge in [0.25, 0.3) is 0 Å². The number of amides is 3. The van der Waals surface area contributed by atoms with Crippen molar-refractivity contribution in [3.05, 3.63) is 28.8 Å². The van der Waals surface area contributed by atoms with Crippen LogP contribution in [0.4, 0.5) is 10.5 Å². The normalized spacial score (nSPS) is 21.4. The van der Waals surface area contributed by atoms with Crippen molar-refractivity contribution >= 4 is 29.2 Å². The summed E-state index contributed by atoms with van der Waals surface area (Å²) in [6.45, 7) is 2.48. The third-order valence-electron chi connectivity index (χ3n) is 4.42. The summed E-state index contributed by atoms with van der Waals surface area (Å²) in [6, 6.07) is 4.91. The van der Waals surface area contributed by atoms with E-state index in [-0.39, 0.29) is 17.4 Å². The molecule has 0 radical (unpaired) electrons. The van der Waals surface area contributed by atoms with Gasteiger partial charge in [0.15, 0.2) is 0 Å². The number of nitrogens with zero attached hydrogens (tertiary/aromatic N) is 1. The van der Waals surface area contributed by atoms with E-state index in [0.29, 0.717) is 23.7 Å². The van der Waals surface area contributed by atoms with Crippen molar-refractivity contribution in [1.29, 1.82) is 0 Å². The molecule has 1 spiro atoms. The molecule has 20 heavy (non-hydrogen) atoms. The molecular formula is C15H17ClN2O2. The van der Waals surface area contributed by atoms with Crippen molar-refractivity contribution in [3.63, 3.8) is 0 Å². The highest BCUT2D eigenvalue weighted by atomic mass is 35.5. The van der Waals surface area contributed by atoms with Crippen LogP contribution < -0.4 is 10.2 Å². The molecule has 3 amide bonds. The lowest BCUT2D eigenvalue weighted by molar-refractivity contribution is -0.120. The number of halogens is 1. The molecule has 2 aliphatic rings. The summed E-state index contributed by atoms with van der Waals surface area (Å²) in [5.74, 6) is -0.139. The number of aryl methyl sites for hydroxylation is 1. The minimum absolute atomic E-state index is 0.0179. The molecule has 1 aromatic rings. The number of imide groups is 1. The van der Waals surface area contributed by atoms with Crippen LogP contribution in [0.1, 0.15) is 31.2 Å². The lowest BCUT2D eigenvalue weighted by Gasteiger charge is -2.39. The first-order valence-electron chi connectivity index (χ1n) is 6.88. The van der Waals surface area contributed by atoms with Gasteiger partial charge in [-0.15, -0.1) is 0 Å². The summed E-state index contributed by atoms with van der Waals surface area (Å²) in [4.78, 5) is 25.9. The molecule has 4 nitrogen and oxygen atoms in total. The van der Waals surface area contributed by atoms with Crippen molar-refractivity contribution < 1.29 is 9.59 Å². The molecule has 1 N–H and O–H groups in total. The number of hydrogen-bond acceptors (Lipinski definition) is 2. The van der Waals surface area contributed by atoms with Gasteiger partial charge >= 0.3 is 6.03 Å². The van der Waals surface area contributed by atoms with E-state index in [2.05, 4.69) is 5.32 Å². The summed E-state index contributed by atoms with van der Waals surface area (Å²) >= 11 is 6.09. The first-order chi connectivity index (χ1) is 9.51. The monoisotopic (exact) mass is 292 g/mol. The molecule has 1 aliphatic heterocycles. The molecule has 1 heterocycles. The van der Waals surface area contributed by atoms with Gasteiger partial charge in [0.2, 0.25) is 5.91 Å². The Balaban J connectivity index is 1.92. The smallest absolute Gasteiger partial charge is 0.328 e. The first-order valence-corrected chi connectivity index (χ1v) is 7.26. The summed E-state index contributed by atoms with van der Waals surface area (Å²) in [6.07, 6.45) is 3.60. The van der Waals surface area contributed by atoms with Crippen molar-refractivity contribution in [2.24, 2.45) is 5.41 Å². The molecule has 0 unspecified atom stereocenters. The summed E-state index contributed by atoms with van der Waals surface area (Å²) in [7, 11) is 0. The zero-order chi connectivity index (χ0) is 14.3. The molecule has 0 aromatic heterocycles. The highest BCUT2D eigenvalue weighted by molar-refractivity contribution is 6.32. The summed E-state index contributed by atoms with van der Waals surface area (Å²) in [5, 5.41) is 3.43. The Labute approximate surface area is 123 Å². The maximum absolute atomic E-state index is 12.5. The third kappa shape index (κ3) is 2.18. The molecule has 106 valence electrons. The summed E-state index contributed by atoms with van der Waals surface area (Å²) in [5.41, 5.74) is 1.45. The number of anilines is 1. The van der Waals surface area contributed by atoms with E-state index in [0.717, 1.165) is 24.8 Å². The topological polar surface area (TPSA) is 49.4 Å². The second-order valence-electron chi connectivity index (χ2n) is 5.85. The lowest BCUT2D eigenvalue weighted by Crippen LogP contribution is -2.42. The molecule has 2 fully saturated rings. The van der Waals surface area contributed by atoms with E-state index in [1.54, 1.807) is 12.1 Å². The molecule has 1 aliphatic carbocycles. The quantitative estimate of drug-likeness (QED) is 0.863. The minimum atomic E-state index is -0.348. The molecular weight excluding hydrogens is 276 g/mol. The van der Waals surface area contributed by atoms with Crippen LogP contribution in [0.2, 0.25) is 5.02 Å². The van der Waals surface area contributed by atoms with Crippen molar-refractivity contribution in [2.45, 2.75) is 32.6 Å². The molecule has 1 saturated heterocycles. The molecule has 0 atom stereocenters. The Hall–Kier alpha value is -1.55. The Kier molecular flexibility index (Phi) is 3.21. The largest absolute Gasteiger partial charge is 0.337 e. The second-order valence-corrected chi connectivity index (χ2v) is 6.26. The highest BCUT2D eigenvalue weighted by Gasteiger charge is 2.44. The van der Waals surface area contributed by atoms with Crippen LogP contribution in [0.25, 0.3) is 0 Å². The van der Waals surface area contributed by atoms with Crippen molar-refractivity contribution in [2.75, 3.05) is 11.4 Å². The average Bonchev–Trinajstić information content (AvgIpc) is 2.49. The van der Waals surface area contributed by atoms with E-state index < -0.39 is 0 Å². The zero-order valence-electron chi connectivity index (χ0n) is 11.4. The van der Waals surface area contributed by atoms with E-state index >= 15 is 0 Å². The fraction of sp³-hybridized carbons (Fsp3) is 0.467. The number of urea groups is 1. The lowest BCUT2D eigenvalue weighted by atomic mass is 9.66. The standard InChI is InChI=1S/C15H17ClN2O2/c1-10-3-4-11(7-12(10)16)18-13(19)8-15(5-2-6-15)9-17-14(18)20/h3-4,7H,2,5-6,8-9H2,1H3,(H,17,20). The van der Waals surface area contributed by atoms with E-state index in [1.165, 1.54) is 4.90 Å². The van der Waals surface area contributed by atoms with Crippen LogP contribution in [0.3, 0.4) is 0 Å². The van der Waals surface area contributed by atoms with Gasteiger partial charge < -0.3 is 5.32 Å². The first kappa shape index (κ1) is 13.4. The number of hydrogen-bond donors (Lipinski definition) is 1. The SMILES string of the molecule is Cc1ccc(N2C(=O)CC3(CCC3)CNC2=O)cc1Cl. The van der Waals surface area contributed by atoms with Gasteiger partial charge in [0.1, 0.15) is 0 Å². The predicted molar refractivity (Wildman–Crippen MR) is 78.0 cm³/mol. The minimum Gasteiger partial charge on any atom is -0.337 e. The Bertz CT molecular complexity index is 581. The zero-order valence-corrected chi connectivity index (χ0v) is 12.2. The van der Waals surface area contributed by atoms with E-state index in [4.69, 9.17) is 11.6 Å². The van der Waals surface area contributed by atoms with Crippen LogP contribution in [0.15, 0.2) is 18.2 Å². The summed E-state index contributed by atoms with van der Waals surface area (Å²) < 4.78 is 0. The van der Waals surface area contributed by atoms with Gasteiger partial charge in [0.05, 0.1) is 5.69 Å². The van der Waals surface area contributed by atoms with Crippen LogP contribution in [-0.2, 0) is 4.79 Å². The van der Waals surface area contributed by atoms with E-state index in [9.17, 15) is 9.59 Å². The Morgan fingerprint density at radius 1 is 1.30 bits per heavy atom. The van der Waals surface area contributed by atoms with Gasteiger partial charge in [-0.25, -0.2) is 9.69 Å². The van der Waals surface area contributed by atoms with Crippen LogP contribution in [-0.4, -0.2) is 18.5 Å². The fourth-order valence-electron chi connectivity index (χ4n) is 2.93. The van der Waals surface area contributed by atoms with Crippen molar-refractivity contribution in [3.8, 4) is 0 Å². The van der Waals surface area contributed by atoms with Gasteiger partial charge in [-0.2, -0.15) is 0 Å². The number of carbonyl (C=O) groups excluding carboxylic acids is 2. The molecule has 3 rings (SSSR count). The van der Waals surface area contributed by atoms with Gasteiger partial charge in [-0.05, 0) is 42.9 Å². The fourth-order valence-corrected chi connectivity index (χ4v) is 3.11. The third-order valence-corrected chi connectivity index (χ3v) is 4.83. The maximum atomic E-state index is 12.5. The van der Waals surface area contributed by atoms with Crippen LogP contribution in [0, 0.1) is 12.3 Å². The van der Waals surface area contributed by atoms with E-state index in [1.807, 2.05) is 13.0 Å². The maximum Gasteiger partial charge on any atom is 0.328 e. The number of benzene rings is 1. The number of carbonyl (C=O) groups is 2. The van der Waals surface area contributed by atoms with Crippen molar-refractivity contribution in [1.82, 2.24) is 5.32 Å².